The smallest absolute Gasteiger partial charge is 0.209 e. The summed E-state index contributed by atoms with van der Waals surface area (Å²) in [5, 5.41) is 13.4. The molecule has 0 N–H and O–H groups in total. The molecule has 0 aromatic carbocycles. The Bertz CT molecular complexity index is 141. The number of aromatic nitrogens is 2. The Hall–Kier alpha value is -1.12. The van der Waals surface area contributed by atoms with Gasteiger partial charge >= 0.3 is 0 Å². The van der Waals surface area contributed by atoms with E-state index in [1.54, 1.807) is 12.1 Å². The number of hydrogen-bond acceptors (Lipinski definition) is 2. The van der Waals surface area contributed by atoms with Crippen LogP contribution in [0.4, 0.5) is 0 Å². The van der Waals surface area contributed by atoms with Gasteiger partial charge in [-0.1, -0.05) is 18.7 Å². The largest absolute Gasteiger partial charge is 0.594 e. The Morgan fingerprint density at radius 1 is 1.33 bits per heavy atom. The average molecular weight is 126 g/mol. The molecule has 0 saturated heterocycles. The molecular weight excluding hydrogens is 116 g/mol. The maximum atomic E-state index is 10.1. The lowest BCUT2D eigenvalue weighted by Crippen LogP contribution is -2.28. The van der Waals surface area contributed by atoms with Gasteiger partial charge < -0.3 is 5.21 Å². The molecule has 0 atom stereocenters. The molecular formula is C6H10N2O. The van der Waals surface area contributed by atoms with E-state index < -0.39 is 0 Å². The highest BCUT2D eigenvalue weighted by molar-refractivity contribution is 4.76. The molecule has 0 aliphatic carbocycles. The second kappa shape index (κ2) is 5.03. The van der Waals surface area contributed by atoms with Crippen LogP contribution in [-0.4, -0.2) is 5.10 Å². The minimum absolute atomic E-state index is 0.500. The van der Waals surface area contributed by atoms with Crippen LogP contribution in [0, 0.1) is 5.21 Å². The lowest BCUT2D eigenvalue weighted by molar-refractivity contribution is -0.669. The highest BCUT2D eigenvalue weighted by atomic mass is 16.5. The zero-order chi connectivity index (χ0) is 7.11. The van der Waals surface area contributed by atoms with Gasteiger partial charge in [0.1, 0.15) is 0 Å². The van der Waals surface area contributed by atoms with Crippen molar-refractivity contribution >= 4 is 0 Å². The molecule has 50 valence electrons. The SMILES string of the molecule is CC.[O-][n+]1ccccn1. The van der Waals surface area contributed by atoms with Gasteiger partial charge in [-0.25, -0.2) is 0 Å². The van der Waals surface area contributed by atoms with E-state index in [9.17, 15) is 5.21 Å². The third kappa shape index (κ3) is 3.46. The first-order valence-electron chi connectivity index (χ1n) is 2.90. The van der Waals surface area contributed by atoms with Gasteiger partial charge in [0.15, 0.2) is 0 Å². The quantitative estimate of drug-likeness (QED) is 0.380. The van der Waals surface area contributed by atoms with Gasteiger partial charge in [0.25, 0.3) is 0 Å². The van der Waals surface area contributed by atoms with Gasteiger partial charge in [-0.05, 0) is 6.07 Å². The van der Waals surface area contributed by atoms with Gasteiger partial charge in [0.2, 0.25) is 6.20 Å². The summed E-state index contributed by atoms with van der Waals surface area (Å²) < 4.78 is 0. The Morgan fingerprint density at radius 3 is 2.22 bits per heavy atom. The molecule has 0 fully saturated rings. The van der Waals surface area contributed by atoms with Crippen molar-refractivity contribution < 1.29 is 4.85 Å². The third-order valence-corrected chi connectivity index (χ3v) is 0.591. The first-order chi connectivity index (χ1) is 4.39. The van der Waals surface area contributed by atoms with Crippen LogP contribution in [-0.2, 0) is 0 Å². The highest BCUT2D eigenvalue weighted by Crippen LogP contribution is 1.66. The van der Waals surface area contributed by atoms with E-state index in [2.05, 4.69) is 5.10 Å². The molecule has 0 bridgehead atoms. The number of hydrogen-bond donors (Lipinski definition) is 0. The van der Waals surface area contributed by atoms with E-state index in [0.29, 0.717) is 4.85 Å². The van der Waals surface area contributed by atoms with Crippen molar-refractivity contribution in [3.63, 3.8) is 0 Å². The van der Waals surface area contributed by atoms with Crippen LogP contribution >= 0.6 is 0 Å². The number of rotatable bonds is 0. The molecule has 0 spiro atoms. The standard InChI is InChI=1S/C4H4N2O.C2H6/c7-6-4-2-1-3-5-6;1-2/h1-4H;1-2H3. The van der Waals surface area contributed by atoms with E-state index in [1.807, 2.05) is 13.8 Å². The summed E-state index contributed by atoms with van der Waals surface area (Å²) in [5.41, 5.74) is 0. The van der Waals surface area contributed by atoms with E-state index in [4.69, 9.17) is 0 Å². The van der Waals surface area contributed by atoms with Crippen LogP contribution in [0.15, 0.2) is 24.5 Å². The minimum Gasteiger partial charge on any atom is -0.594 e. The van der Waals surface area contributed by atoms with Crippen molar-refractivity contribution in [2.45, 2.75) is 13.8 Å². The normalized spacial score (nSPS) is 7.33. The van der Waals surface area contributed by atoms with Crippen molar-refractivity contribution in [2.24, 2.45) is 0 Å². The third-order valence-electron chi connectivity index (χ3n) is 0.591. The first-order valence-corrected chi connectivity index (χ1v) is 2.90. The van der Waals surface area contributed by atoms with Crippen LogP contribution in [0.3, 0.4) is 0 Å². The predicted molar refractivity (Wildman–Crippen MR) is 34.5 cm³/mol. The molecule has 3 nitrogen and oxygen atoms in total. The second-order valence-electron chi connectivity index (χ2n) is 1.10. The maximum Gasteiger partial charge on any atom is 0.209 e. The summed E-state index contributed by atoms with van der Waals surface area (Å²) in [6.07, 6.45) is 2.77. The van der Waals surface area contributed by atoms with E-state index >= 15 is 0 Å². The zero-order valence-corrected chi connectivity index (χ0v) is 5.61. The minimum atomic E-state index is 0.500. The van der Waals surface area contributed by atoms with Crippen LogP contribution < -0.4 is 4.85 Å². The second-order valence-corrected chi connectivity index (χ2v) is 1.10. The topological polar surface area (TPSA) is 39.8 Å². The maximum absolute atomic E-state index is 10.1. The molecule has 0 amide bonds. The number of nitrogens with zero attached hydrogens (tertiary/aromatic N) is 2. The fraction of sp³-hybridized carbons (Fsp3) is 0.333. The summed E-state index contributed by atoms with van der Waals surface area (Å²) in [6, 6.07) is 3.31. The van der Waals surface area contributed by atoms with Crippen LogP contribution in [0.5, 0.6) is 0 Å². The molecule has 0 saturated carbocycles. The molecule has 0 aliphatic rings. The summed E-state index contributed by atoms with van der Waals surface area (Å²) in [4.78, 5) is 0.500. The predicted octanol–water partition coefficient (Wildman–Crippen LogP) is 0.741. The fourth-order valence-corrected chi connectivity index (χ4v) is 0.316. The van der Waals surface area contributed by atoms with Crippen molar-refractivity contribution in [2.75, 3.05) is 0 Å². The van der Waals surface area contributed by atoms with Crippen molar-refractivity contribution in [1.82, 2.24) is 5.10 Å². The van der Waals surface area contributed by atoms with Gasteiger partial charge in [0.05, 0.1) is 6.20 Å². The molecule has 1 aromatic rings. The van der Waals surface area contributed by atoms with Gasteiger partial charge in [-0.15, -0.1) is 0 Å². The van der Waals surface area contributed by atoms with Crippen molar-refractivity contribution in [3.8, 4) is 0 Å². The summed E-state index contributed by atoms with van der Waals surface area (Å²) in [5.74, 6) is 0. The highest BCUT2D eigenvalue weighted by Gasteiger charge is 1.76. The zero-order valence-electron chi connectivity index (χ0n) is 5.61. The average Bonchev–Trinajstić information content (AvgIpc) is 1.94. The molecule has 3 heteroatoms. The summed E-state index contributed by atoms with van der Waals surface area (Å²) in [7, 11) is 0. The molecule has 9 heavy (non-hydrogen) atoms. The van der Waals surface area contributed by atoms with Crippen LogP contribution in [0.2, 0.25) is 0 Å². The lowest BCUT2D eigenvalue weighted by Gasteiger charge is -1.84. The van der Waals surface area contributed by atoms with Gasteiger partial charge in [0, 0.05) is 11.2 Å². The van der Waals surface area contributed by atoms with Crippen LogP contribution in [0.25, 0.3) is 0 Å². The Labute approximate surface area is 54.5 Å². The molecule has 1 aromatic heterocycles. The Balaban J connectivity index is 0.000000291. The molecule has 0 radical (unpaired) electrons. The summed E-state index contributed by atoms with van der Waals surface area (Å²) in [6.45, 7) is 4.00. The van der Waals surface area contributed by atoms with Crippen molar-refractivity contribution in [3.05, 3.63) is 29.7 Å². The van der Waals surface area contributed by atoms with Crippen molar-refractivity contribution in [1.29, 1.82) is 0 Å². The van der Waals surface area contributed by atoms with E-state index in [-0.39, 0.29) is 0 Å². The first kappa shape index (κ1) is 7.88. The van der Waals surface area contributed by atoms with E-state index in [0.717, 1.165) is 0 Å². The van der Waals surface area contributed by atoms with E-state index in [1.165, 1.54) is 12.4 Å². The lowest BCUT2D eigenvalue weighted by atomic mass is 10.6. The Kier molecular flexibility index (Phi) is 4.40. The van der Waals surface area contributed by atoms with Crippen LogP contribution in [0.1, 0.15) is 13.8 Å². The molecule has 0 unspecified atom stereocenters. The monoisotopic (exact) mass is 126 g/mol. The Morgan fingerprint density at radius 2 is 2.00 bits per heavy atom. The molecule has 1 rings (SSSR count). The molecule has 1 heterocycles. The summed E-state index contributed by atoms with van der Waals surface area (Å²) >= 11 is 0. The van der Waals surface area contributed by atoms with Gasteiger partial charge in [-0.2, -0.15) is 0 Å². The fourth-order valence-electron chi connectivity index (χ4n) is 0.316. The van der Waals surface area contributed by atoms with Gasteiger partial charge in [-0.3, -0.25) is 0 Å². The molecule has 0 aliphatic heterocycles.